The van der Waals surface area contributed by atoms with Crippen LogP contribution in [0.3, 0.4) is 0 Å². The van der Waals surface area contributed by atoms with Crippen LogP contribution in [-0.4, -0.2) is 15.3 Å². The van der Waals surface area contributed by atoms with Crippen molar-refractivity contribution in [2.75, 3.05) is 0 Å². The number of ketones is 1. The summed E-state index contributed by atoms with van der Waals surface area (Å²) in [6, 6.07) is 0. The highest BCUT2D eigenvalue weighted by Crippen LogP contribution is 2.22. The second-order valence-corrected chi connectivity index (χ2v) is 4.91. The quantitative estimate of drug-likeness (QED) is 0.785. The molecule has 0 aromatic carbocycles. The van der Waals surface area contributed by atoms with Crippen molar-refractivity contribution in [1.82, 2.24) is 9.55 Å². The van der Waals surface area contributed by atoms with Crippen LogP contribution in [-0.2, 0) is 24.2 Å². The number of Topliss-reactive ketones (excluding diaryl/α,β-unsaturated/α-hetero) is 1. The van der Waals surface area contributed by atoms with E-state index in [1.165, 1.54) is 24.2 Å². The van der Waals surface area contributed by atoms with Gasteiger partial charge in [0.2, 0.25) is 0 Å². The zero-order chi connectivity index (χ0) is 12.3. The summed E-state index contributed by atoms with van der Waals surface area (Å²) in [5.74, 6) is 1.50. The molecule has 17 heavy (non-hydrogen) atoms. The summed E-state index contributed by atoms with van der Waals surface area (Å²) in [7, 11) is 0. The lowest BCUT2D eigenvalue weighted by atomic mass is 10.0. The number of nitrogens with zero attached hydrogens (tertiary/aromatic N) is 2. The molecule has 1 aliphatic carbocycles. The van der Waals surface area contributed by atoms with E-state index >= 15 is 0 Å². The van der Waals surface area contributed by atoms with Gasteiger partial charge in [-0.1, -0.05) is 6.92 Å². The van der Waals surface area contributed by atoms with E-state index in [1.807, 2.05) is 6.92 Å². The fourth-order valence-corrected chi connectivity index (χ4v) is 2.64. The summed E-state index contributed by atoms with van der Waals surface area (Å²) in [5, 5.41) is 0. The molecule has 0 atom stereocenters. The van der Waals surface area contributed by atoms with Gasteiger partial charge in [0.1, 0.15) is 11.6 Å². The Kier molecular flexibility index (Phi) is 3.97. The Morgan fingerprint density at radius 2 is 2.12 bits per heavy atom. The SMILES string of the molecule is CCC(=O)CCCn1c(C)nc2c1CCCC2. The van der Waals surface area contributed by atoms with E-state index in [9.17, 15) is 4.79 Å². The van der Waals surface area contributed by atoms with Gasteiger partial charge in [-0.05, 0) is 39.0 Å². The maximum Gasteiger partial charge on any atom is 0.132 e. The molecule has 0 saturated carbocycles. The number of carbonyl (C=O) groups excluding carboxylic acids is 1. The Morgan fingerprint density at radius 3 is 2.88 bits per heavy atom. The van der Waals surface area contributed by atoms with Gasteiger partial charge in [-0.3, -0.25) is 4.79 Å². The number of fused-ring (bicyclic) bond motifs is 1. The molecule has 2 rings (SSSR count). The third-order valence-electron chi connectivity index (χ3n) is 3.66. The third kappa shape index (κ3) is 2.76. The molecule has 3 heteroatoms. The first-order valence-electron chi connectivity index (χ1n) is 6.79. The van der Waals surface area contributed by atoms with Crippen molar-refractivity contribution in [1.29, 1.82) is 0 Å². The number of hydrogen-bond donors (Lipinski definition) is 0. The smallest absolute Gasteiger partial charge is 0.132 e. The first kappa shape index (κ1) is 12.3. The maximum atomic E-state index is 11.3. The molecule has 1 aromatic rings. The lowest BCUT2D eigenvalue weighted by molar-refractivity contribution is -0.118. The highest BCUT2D eigenvalue weighted by atomic mass is 16.1. The molecular weight excluding hydrogens is 212 g/mol. The fraction of sp³-hybridized carbons (Fsp3) is 0.714. The van der Waals surface area contributed by atoms with Gasteiger partial charge in [0.15, 0.2) is 0 Å². The van der Waals surface area contributed by atoms with E-state index in [2.05, 4.69) is 16.5 Å². The number of rotatable bonds is 5. The normalized spacial score (nSPS) is 14.7. The van der Waals surface area contributed by atoms with Crippen LogP contribution in [0.2, 0.25) is 0 Å². The molecule has 3 nitrogen and oxygen atoms in total. The van der Waals surface area contributed by atoms with Crippen molar-refractivity contribution in [2.24, 2.45) is 0 Å². The van der Waals surface area contributed by atoms with Crippen LogP contribution in [0, 0.1) is 6.92 Å². The Labute approximate surface area is 103 Å². The molecule has 0 amide bonds. The summed E-state index contributed by atoms with van der Waals surface area (Å²) in [6.07, 6.45) is 7.19. The predicted molar refractivity (Wildman–Crippen MR) is 68.1 cm³/mol. The molecule has 0 saturated heterocycles. The van der Waals surface area contributed by atoms with Gasteiger partial charge in [-0.15, -0.1) is 0 Å². The van der Waals surface area contributed by atoms with Gasteiger partial charge >= 0.3 is 0 Å². The fourth-order valence-electron chi connectivity index (χ4n) is 2.64. The summed E-state index contributed by atoms with van der Waals surface area (Å²) in [5.41, 5.74) is 2.73. The monoisotopic (exact) mass is 234 g/mol. The van der Waals surface area contributed by atoms with Crippen LogP contribution >= 0.6 is 0 Å². The van der Waals surface area contributed by atoms with Crippen LogP contribution in [0.1, 0.15) is 56.2 Å². The van der Waals surface area contributed by atoms with Gasteiger partial charge in [0.25, 0.3) is 0 Å². The average Bonchev–Trinajstić information content (AvgIpc) is 2.66. The highest BCUT2D eigenvalue weighted by Gasteiger charge is 2.17. The molecule has 94 valence electrons. The third-order valence-corrected chi connectivity index (χ3v) is 3.66. The lowest BCUT2D eigenvalue weighted by Gasteiger charge is -2.14. The Bertz CT molecular complexity index is 407. The molecular formula is C14H22N2O. The average molecular weight is 234 g/mol. The van der Waals surface area contributed by atoms with Gasteiger partial charge < -0.3 is 4.57 Å². The summed E-state index contributed by atoms with van der Waals surface area (Å²) in [4.78, 5) is 15.9. The minimum atomic E-state index is 0.372. The molecule has 0 fully saturated rings. The molecule has 0 unspecified atom stereocenters. The van der Waals surface area contributed by atoms with E-state index in [-0.39, 0.29) is 0 Å². The van der Waals surface area contributed by atoms with Crippen LogP contribution < -0.4 is 0 Å². The Morgan fingerprint density at radius 1 is 1.35 bits per heavy atom. The number of hydrogen-bond acceptors (Lipinski definition) is 2. The van der Waals surface area contributed by atoms with Crippen molar-refractivity contribution in [3.63, 3.8) is 0 Å². The van der Waals surface area contributed by atoms with Crippen molar-refractivity contribution < 1.29 is 4.79 Å². The first-order chi connectivity index (χ1) is 8.22. The molecule has 1 aliphatic rings. The van der Waals surface area contributed by atoms with Gasteiger partial charge in [-0.25, -0.2) is 4.98 Å². The van der Waals surface area contributed by atoms with E-state index in [0.717, 1.165) is 31.6 Å². The molecule has 1 heterocycles. The van der Waals surface area contributed by atoms with Crippen molar-refractivity contribution in [2.45, 2.75) is 65.3 Å². The van der Waals surface area contributed by atoms with Gasteiger partial charge in [-0.2, -0.15) is 0 Å². The summed E-state index contributed by atoms with van der Waals surface area (Å²) >= 11 is 0. The van der Waals surface area contributed by atoms with Crippen LogP contribution in [0.25, 0.3) is 0 Å². The number of aryl methyl sites for hydroxylation is 2. The van der Waals surface area contributed by atoms with Crippen molar-refractivity contribution >= 4 is 5.78 Å². The predicted octanol–water partition coefficient (Wildman–Crippen LogP) is 2.83. The maximum absolute atomic E-state index is 11.3. The minimum Gasteiger partial charge on any atom is -0.332 e. The van der Waals surface area contributed by atoms with Crippen LogP contribution in [0.4, 0.5) is 0 Å². The second-order valence-electron chi connectivity index (χ2n) is 4.91. The summed E-state index contributed by atoms with van der Waals surface area (Å²) in [6.45, 7) is 4.98. The van der Waals surface area contributed by atoms with Crippen molar-refractivity contribution in [3.8, 4) is 0 Å². The molecule has 0 bridgehead atoms. The van der Waals surface area contributed by atoms with E-state index in [0.29, 0.717) is 18.6 Å². The molecule has 0 radical (unpaired) electrons. The number of imidazole rings is 1. The van der Waals surface area contributed by atoms with E-state index in [1.54, 1.807) is 0 Å². The number of carbonyl (C=O) groups is 1. The topological polar surface area (TPSA) is 34.9 Å². The molecule has 0 N–H and O–H groups in total. The first-order valence-corrected chi connectivity index (χ1v) is 6.79. The van der Waals surface area contributed by atoms with Gasteiger partial charge in [0.05, 0.1) is 5.69 Å². The minimum absolute atomic E-state index is 0.372. The molecule has 0 spiro atoms. The van der Waals surface area contributed by atoms with E-state index < -0.39 is 0 Å². The van der Waals surface area contributed by atoms with Crippen LogP contribution in [0.5, 0.6) is 0 Å². The largest absolute Gasteiger partial charge is 0.332 e. The Hall–Kier alpha value is -1.12. The number of aromatic nitrogens is 2. The van der Waals surface area contributed by atoms with Crippen molar-refractivity contribution in [3.05, 3.63) is 17.2 Å². The Balaban J connectivity index is 2.00. The van der Waals surface area contributed by atoms with Gasteiger partial charge in [0, 0.05) is 25.1 Å². The highest BCUT2D eigenvalue weighted by molar-refractivity contribution is 5.77. The zero-order valence-electron chi connectivity index (χ0n) is 11.0. The second kappa shape index (κ2) is 5.48. The molecule has 1 aromatic heterocycles. The summed E-state index contributed by atoms with van der Waals surface area (Å²) < 4.78 is 2.33. The lowest BCUT2D eigenvalue weighted by Crippen LogP contribution is -2.10. The standard InChI is InChI=1S/C14H22N2O/c1-3-12(17)7-6-10-16-11(2)15-13-8-4-5-9-14(13)16/h3-10H2,1-2H3. The molecule has 0 aliphatic heterocycles. The van der Waals surface area contributed by atoms with Crippen LogP contribution in [0.15, 0.2) is 0 Å². The zero-order valence-corrected chi connectivity index (χ0v) is 11.0. The van der Waals surface area contributed by atoms with E-state index in [4.69, 9.17) is 0 Å².